The molecule has 0 aliphatic rings. The maximum atomic E-state index is 5.35. The second-order valence-corrected chi connectivity index (χ2v) is 2.45. The number of nitrogens with two attached hydrogens (primary N) is 2. The van der Waals surface area contributed by atoms with E-state index in [4.69, 9.17) is 16.3 Å². The van der Waals surface area contributed by atoms with Crippen LogP contribution in [-0.2, 0) is 0 Å². The van der Waals surface area contributed by atoms with Gasteiger partial charge in [0.25, 0.3) is 0 Å². The zero-order chi connectivity index (χ0) is 9.68. The van der Waals surface area contributed by atoms with Gasteiger partial charge in [-0.1, -0.05) is 0 Å². The molecule has 0 atom stereocenters. The molecule has 1 aromatic rings. The van der Waals surface area contributed by atoms with Gasteiger partial charge in [-0.15, -0.1) is 0 Å². The average Bonchev–Trinajstić information content (AvgIpc) is 2.21. The molecule has 0 unspecified atom stereocenters. The molecular formula is C9H13N3O. The fourth-order valence-corrected chi connectivity index (χ4v) is 0.998. The zero-order valence-corrected chi connectivity index (χ0v) is 7.45. The van der Waals surface area contributed by atoms with Crippen molar-refractivity contribution in [3.05, 3.63) is 36.0 Å². The summed E-state index contributed by atoms with van der Waals surface area (Å²) in [5.41, 5.74) is 9.46. The van der Waals surface area contributed by atoms with Gasteiger partial charge in [-0.25, -0.2) is 0 Å². The third-order valence-corrected chi connectivity index (χ3v) is 1.72. The summed E-state index contributed by atoms with van der Waals surface area (Å²) in [4.78, 5) is 0. The minimum atomic E-state index is 0.683. The molecule has 0 fully saturated rings. The number of benzene rings is 1. The van der Waals surface area contributed by atoms with Crippen molar-refractivity contribution in [2.75, 3.05) is 7.11 Å². The van der Waals surface area contributed by atoms with E-state index in [9.17, 15) is 0 Å². The lowest BCUT2D eigenvalue weighted by atomic mass is 10.1. The molecule has 4 heteroatoms. The van der Waals surface area contributed by atoms with E-state index in [1.54, 1.807) is 7.11 Å². The molecule has 0 saturated carbocycles. The molecule has 0 aliphatic carbocycles. The highest BCUT2D eigenvalue weighted by molar-refractivity contribution is 5.63. The van der Waals surface area contributed by atoms with E-state index in [0.717, 1.165) is 11.3 Å². The van der Waals surface area contributed by atoms with Gasteiger partial charge in [-0.05, 0) is 24.3 Å². The Bertz CT molecular complexity index is 292. The Kier molecular flexibility index (Phi) is 3.16. The average molecular weight is 179 g/mol. The topological polar surface area (TPSA) is 73.3 Å². The first-order chi connectivity index (χ1) is 6.31. The number of rotatable bonds is 3. The van der Waals surface area contributed by atoms with Crippen molar-refractivity contribution in [2.45, 2.75) is 0 Å². The summed E-state index contributed by atoms with van der Waals surface area (Å²) in [6, 6.07) is 7.43. The molecule has 4 nitrogen and oxygen atoms in total. The van der Waals surface area contributed by atoms with E-state index in [-0.39, 0.29) is 0 Å². The number of hydrazine groups is 1. The lowest BCUT2D eigenvalue weighted by Gasteiger charge is -2.06. The molecular weight excluding hydrogens is 166 g/mol. The second-order valence-electron chi connectivity index (χ2n) is 2.45. The van der Waals surface area contributed by atoms with Crippen molar-refractivity contribution >= 4 is 5.70 Å². The normalized spacial score (nSPS) is 11.1. The van der Waals surface area contributed by atoms with Gasteiger partial charge in [0.15, 0.2) is 0 Å². The maximum Gasteiger partial charge on any atom is 0.118 e. The van der Waals surface area contributed by atoms with Gasteiger partial charge in [0.2, 0.25) is 0 Å². The van der Waals surface area contributed by atoms with Crippen LogP contribution in [-0.4, -0.2) is 7.11 Å². The maximum absolute atomic E-state index is 5.35. The Morgan fingerprint density at radius 3 is 2.38 bits per heavy atom. The molecule has 0 radical (unpaired) electrons. The smallest absolute Gasteiger partial charge is 0.118 e. The predicted octanol–water partition coefficient (Wildman–Crippen LogP) is 0.416. The van der Waals surface area contributed by atoms with Crippen LogP contribution in [0.5, 0.6) is 5.75 Å². The molecule has 0 aromatic heterocycles. The molecule has 0 bridgehead atoms. The highest BCUT2D eigenvalue weighted by atomic mass is 16.5. The number of ether oxygens (including phenoxy) is 1. The van der Waals surface area contributed by atoms with E-state index in [1.807, 2.05) is 24.3 Å². The highest BCUT2D eigenvalue weighted by Crippen LogP contribution is 2.15. The number of hydrogen-bond acceptors (Lipinski definition) is 4. The standard InChI is InChI=1S/C9H13N3O/c1-13-8-4-2-7(3-5-8)9(6-10)12-11/h2-6,12H,10-11H2,1H3/b9-6-. The van der Waals surface area contributed by atoms with E-state index < -0.39 is 0 Å². The molecule has 0 saturated heterocycles. The summed E-state index contributed by atoms with van der Waals surface area (Å²) in [5.74, 6) is 6.06. The monoisotopic (exact) mass is 179 g/mol. The highest BCUT2D eigenvalue weighted by Gasteiger charge is 1.98. The Balaban J connectivity index is 2.91. The number of methoxy groups -OCH3 is 1. The minimum absolute atomic E-state index is 0.683. The lowest BCUT2D eigenvalue weighted by Crippen LogP contribution is -2.20. The minimum Gasteiger partial charge on any atom is -0.497 e. The van der Waals surface area contributed by atoms with Crippen molar-refractivity contribution in [3.63, 3.8) is 0 Å². The zero-order valence-electron chi connectivity index (χ0n) is 7.45. The van der Waals surface area contributed by atoms with E-state index in [1.165, 1.54) is 6.20 Å². The van der Waals surface area contributed by atoms with Crippen molar-refractivity contribution in [1.82, 2.24) is 5.43 Å². The first-order valence-corrected chi connectivity index (χ1v) is 3.84. The van der Waals surface area contributed by atoms with Crippen LogP contribution in [0.3, 0.4) is 0 Å². The van der Waals surface area contributed by atoms with Crippen LogP contribution in [0.4, 0.5) is 0 Å². The summed E-state index contributed by atoms with van der Waals surface area (Å²) in [7, 11) is 1.62. The molecule has 0 spiro atoms. The van der Waals surface area contributed by atoms with Crippen molar-refractivity contribution in [3.8, 4) is 5.75 Å². The van der Waals surface area contributed by atoms with E-state index >= 15 is 0 Å². The molecule has 70 valence electrons. The first kappa shape index (κ1) is 9.41. The van der Waals surface area contributed by atoms with Crippen LogP contribution in [0.25, 0.3) is 5.70 Å². The van der Waals surface area contributed by atoms with Gasteiger partial charge < -0.3 is 15.9 Å². The molecule has 1 aromatic carbocycles. The fourth-order valence-electron chi connectivity index (χ4n) is 0.998. The summed E-state index contributed by atoms with van der Waals surface area (Å²) >= 11 is 0. The van der Waals surface area contributed by atoms with Crippen LogP contribution in [0, 0.1) is 0 Å². The molecule has 0 heterocycles. The van der Waals surface area contributed by atoms with Gasteiger partial charge in [0.05, 0.1) is 12.8 Å². The van der Waals surface area contributed by atoms with Crippen LogP contribution in [0.2, 0.25) is 0 Å². The molecule has 0 amide bonds. The van der Waals surface area contributed by atoms with Gasteiger partial charge in [-0.3, -0.25) is 5.84 Å². The number of nitrogens with one attached hydrogen (secondary N) is 1. The third kappa shape index (κ3) is 2.13. The third-order valence-electron chi connectivity index (χ3n) is 1.72. The SMILES string of the molecule is COc1ccc(/C(=C/N)NN)cc1. The molecule has 1 rings (SSSR count). The first-order valence-electron chi connectivity index (χ1n) is 3.84. The molecule has 13 heavy (non-hydrogen) atoms. The predicted molar refractivity (Wildman–Crippen MR) is 52.5 cm³/mol. The van der Waals surface area contributed by atoms with Crippen molar-refractivity contribution in [2.24, 2.45) is 11.6 Å². The molecule has 5 N–H and O–H groups in total. The Morgan fingerprint density at radius 1 is 1.38 bits per heavy atom. The second kappa shape index (κ2) is 4.37. The number of hydrogen-bond donors (Lipinski definition) is 3. The van der Waals surface area contributed by atoms with Crippen molar-refractivity contribution in [1.29, 1.82) is 0 Å². The Hall–Kier alpha value is -1.68. The van der Waals surface area contributed by atoms with Gasteiger partial charge in [0.1, 0.15) is 5.75 Å². The quantitative estimate of drug-likeness (QED) is 0.464. The van der Waals surface area contributed by atoms with Crippen LogP contribution < -0.4 is 21.7 Å². The van der Waals surface area contributed by atoms with E-state index in [2.05, 4.69) is 5.43 Å². The van der Waals surface area contributed by atoms with E-state index in [0.29, 0.717) is 5.70 Å². The largest absolute Gasteiger partial charge is 0.497 e. The van der Waals surface area contributed by atoms with Crippen LogP contribution in [0.15, 0.2) is 30.5 Å². The van der Waals surface area contributed by atoms with Gasteiger partial charge in [0, 0.05) is 11.8 Å². The van der Waals surface area contributed by atoms with Crippen LogP contribution >= 0.6 is 0 Å². The lowest BCUT2D eigenvalue weighted by molar-refractivity contribution is 0.415. The summed E-state index contributed by atoms with van der Waals surface area (Å²) in [6.45, 7) is 0. The summed E-state index contributed by atoms with van der Waals surface area (Å²) in [6.07, 6.45) is 1.42. The van der Waals surface area contributed by atoms with Crippen molar-refractivity contribution < 1.29 is 4.74 Å². The van der Waals surface area contributed by atoms with Crippen LogP contribution in [0.1, 0.15) is 5.56 Å². The summed E-state index contributed by atoms with van der Waals surface area (Å²) in [5, 5.41) is 0. The Morgan fingerprint density at radius 2 is 2.00 bits per heavy atom. The Labute approximate surface area is 77.1 Å². The van der Waals surface area contributed by atoms with Gasteiger partial charge >= 0.3 is 0 Å². The molecule has 0 aliphatic heterocycles. The summed E-state index contributed by atoms with van der Waals surface area (Å²) < 4.78 is 5.01. The van der Waals surface area contributed by atoms with Gasteiger partial charge in [-0.2, -0.15) is 0 Å². The fraction of sp³-hybridized carbons (Fsp3) is 0.111.